The highest BCUT2D eigenvalue weighted by Crippen LogP contribution is 2.28. The third-order valence-corrected chi connectivity index (χ3v) is 4.25. The number of carbonyl (C=O) groups is 2. The van der Waals surface area contributed by atoms with Gasteiger partial charge in [-0.1, -0.05) is 17.4 Å². The van der Waals surface area contributed by atoms with E-state index < -0.39 is 5.97 Å². The van der Waals surface area contributed by atoms with E-state index in [9.17, 15) is 9.59 Å². The highest BCUT2D eigenvalue weighted by atomic mass is 32.1. The molecule has 0 spiro atoms. The Morgan fingerprint density at radius 2 is 1.88 bits per heavy atom. The Balaban J connectivity index is 1.85. The molecule has 9 heteroatoms. The van der Waals surface area contributed by atoms with Crippen molar-refractivity contribution in [1.29, 1.82) is 0 Å². The Hall–Kier alpha value is -2.68. The minimum Gasteiger partial charge on any atom is -0.493 e. The number of methoxy groups -OCH3 is 2. The molecule has 25 heavy (non-hydrogen) atoms. The number of aliphatic carboxylic acids is 1. The van der Waals surface area contributed by atoms with Crippen LogP contribution in [0.4, 0.5) is 5.13 Å². The molecule has 0 radical (unpaired) electrons. The first kappa shape index (κ1) is 18.7. The maximum atomic E-state index is 12.0. The number of benzene rings is 1. The van der Waals surface area contributed by atoms with Crippen LogP contribution >= 0.6 is 11.3 Å². The topological polar surface area (TPSA) is 111 Å². The summed E-state index contributed by atoms with van der Waals surface area (Å²) in [6.45, 7) is 0. The van der Waals surface area contributed by atoms with Gasteiger partial charge in [-0.3, -0.25) is 9.59 Å². The monoisotopic (exact) mass is 365 g/mol. The minimum atomic E-state index is -0.893. The molecule has 0 aliphatic rings. The maximum Gasteiger partial charge on any atom is 0.303 e. The van der Waals surface area contributed by atoms with Crippen molar-refractivity contribution in [3.05, 3.63) is 28.8 Å². The lowest BCUT2D eigenvalue weighted by molar-refractivity contribution is -0.137. The summed E-state index contributed by atoms with van der Waals surface area (Å²) < 4.78 is 10.4. The van der Waals surface area contributed by atoms with Gasteiger partial charge in [0.25, 0.3) is 0 Å². The van der Waals surface area contributed by atoms with Crippen molar-refractivity contribution in [2.75, 3.05) is 19.5 Å². The number of aromatic nitrogens is 2. The molecule has 0 aliphatic heterocycles. The van der Waals surface area contributed by atoms with Gasteiger partial charge in [0, 0.05) is 12.8 Å². The number of amides is 1. The normalized spacial score (nSPS) is 10.3. The van der Waals surface area contributed by atoms with Crippen LogP contribution in [0.2, 0.25) is 0 Å². The predicted octanol–water partition coefficient (Wildman–Crippen LogP) is 2.14. The van der Waals surface area contributed by atoms with E-state index in [1.54, 1.807) is 20.3 Å². The molecule has 0 unspecified atom stereocenters. The molecule has 1 amide bonds. The zero-order valence-corrected chi connectivity index (χ0v) is 14.8. The van der Waals surface area contributed by atoms with Crippen LogP contribution in [-0.2, 0) is 22.4 Å². The van der Waals surface area contributed by atoms with Gasteiger partial charge in [0.2, 0.25) is 11.0 Å². The average molecular weight is 365 g/mol. The summed E-state index contributed by atoms with van der Waals surface area (Å²) in [5.74, 6) is 0.178. The van der Waals surface area contributed by atoms with E-state index in [1.165, 1.54) is 11.3 Å². The number of carboxylic acid groups (broad SMARTS) is 1. The summed E-state index contributed by atoms with van der Waals surface area (Å²) in [5, 5.41) is 20.0. The molecule has 2 N–H and O–H groups in total. The highest BCUT2D eigenvalue weighted by molar-refractivity contribution is 7.15. The number of nitrogens with zero attached hydrogens (tertiary/aromatic N) is 2. The Labute approximate surface area is 148 Å². The molecule has 0 aliphatic carbocycles. The third-order valence-electron chi connectivity index (χ3n) is 3.35. The molecule has 0 atom stereocenters. The molecule has 1 aromatic heterocycles. The standard InChI is InChI=1S/C16H19N3O5S/c1-23-11-5-3-10(9-12(11)24-2)4-6-13(20)17-16-19-18-14(25-16)7-8-15(21)22/h3,5,9H,4,6-8H2,1-2H3,(H,21,22)(H,17,19,20). The smallest absolute Gasteiger partial charge is 0.303 e. The second-order valence-electron chi connectivity index (χ2n) is 5.13. The van der Waals surface area contributed by atoms with Gasteiger partial charge >= 0.3 is 5.97 Å². The van der Waals surface area contributed by atoms with Gasteiger partial charge < -0.3 is 19.9 Å². The van der Waals surface area contributed by atoms with E-state index in [2.05, 4.69) is 15.5 Å². The summed E-state index contributed by atoms with van der Waals surface area (Å²) in [7, 11) is 3.13. The van der Waals surface area contributed by atoms with Crippen LogP contribution in [0.25, 0.3) is 0 Å². The van der Waals surface area contributed by atoms with Gasteiger partial charge in [0.05, 0.1) is 20.6 Å². The Bertz CT molecular complexity index is 747. The Kier molecular flexibility index (Phi) is 6.70. The van der Waals surface area contributed by atoms with Crippen LogP contribution in [0.5, 0.6) is 11.5 Å². The maximum absolute atomic E-state index is 12.0. The zero-order chi connectivity index (χ0) is 18.2. The molecule has 0 saturated carbocycles. The summed E-state index contributed by atoms with van der Waals surface area (Å²) in [6.07, 6.45) is 1.10. The van der Waals surface area contributed by atoms with Crippen molar-refractivity contribution < 1.29 is 24.2 Å². The van der Waals surface area contributed by atoms with Crippen LogP contribution < -0.4 is 14.8 Å². The highest BCUT2D eigenvalue weighted by Gasteiger charge is 2.11. The first-order valence-corrected chi connectivity index (χ1v) is 8.38. The second-order valence-corrected chi connectivity index (χ2v) is 6.19. The number of rotatable bonds is 9. The molecule has 134 valence electrons. The van der Waals surface area contributed by atoms with Crippen LogP contribution in [0.15, 0.2) is 18.2 Å². The molecule has 2 rings (SSSR count). The first-order valence-electron chi connectivity index (χ1n) is 7.56. The molecular weight excluding hydrogens is 346 g/mol. The SMILES string of the molecule is COc1ccc(CCC(=O)Nc2nnc(CCC(=O)O)s2)cc1OC. The van der Waals surface area contributed by atoms with E-state index >= 15 is 0 Å². The lowest BCUT2D eigenvalue weighted by Gasteiger charge is -2.09. The lowest BCUT2D eigenvalue weighted by atomic mass is 10.1. The molecular formula is C16H19N3O5S. The van der Waals surface area contributed by atoms with Crippen LogP contribution in [0.3, 0.4) is 0 Å². The fourth-order valence-corrected chi connectivity index (χ4v) is 2.85. The molecule has 1 aromatic carbocycles. The van der Waals surface area contributed by atoms with Gasteiger partial charge in [0.1, 0.15) is 5.01 Å². The fourth-order valence-electron chi connectivity index (χ4n) is 2.09. The number of ether oxygens (including phenoxy) is 2. The van der Waals surface area contributed by atoms with E-state index in [0.717, 1.165) is 5.56 Å². The predicted molar refractivity (Wildman–Crippen MR) is 92.4 cm³/mol. The Morgan fingerprint density at radius 1 is 1.12 bits per heavy atom. The largest absolute Gasteiger partial charge is 0.493 e. The van der Waals surface area contributed by atoms with Crippen LogP contribution in [-0.4, -0.2) is 41.4 Å². The van der Waals surface area contributed by atoms with Gasteiger partial charge in [-0.05, 0) is 24.1 Å². The summed E-state index contributed by atoms with van der Waals surface area (Å²) in [4.78, 5) is 22.5. The van der Waals surface area contributed by atoms with Gasteiger partial charge in [-0.2, -0.15) is 0 Å². The summed E-state index contributed by atoms with van der Waals surface area (Å²) >= 11 is 1.18. The van der Waals surface area contributed by atoms with E-state index in [4.69, 9.17) is 14.6 Å². The van der Waals surface area contributed by atoms with Crippen molar-refractivity contribution in [3.63, 3.8) is 0 Å². The molecule has 0 saturated heterocycles. The zero-order valence-electron chi connectivity index (χ0n) is 13.9. The molecule has 1 heterocycles. The van der Waals surface area contributed by atoms with E-state index in [1.807, 2.05) is 12.1 Å². The number of hydrogen-bond donors (Lipinski definition) is 2. The van der Waals surface area contributed by atoms with Crippen molar-refractivity contribution >= 4 is 28.3 Å². The third kappa shape index (κ3) is 5.71. The molecule has 2 aromatic rings. The number of carbonyl (C=O) groups excluding carboxylic acids is 1. The summed E-state index contributed by atoms with van der Waals surface area (Å²) in [6, 6.07) is 5.51. The van der Waals surface area contributed by atoms with E-state index in [-0.39, 0.29) is 18.7 Å². The fraction of sp³-hybridized carbons (Fsp3) is 0.375. The number of anilines is 1. The number of nitrogens with one attached hydrogen (secondary N) is 1. The Morgan fingerprint density at radius 3 is 2.56 bits per heavy atom. The van der Waals surface area contributed by atoms with Gasteiger partial charge in [-0.15, -0.1) is 10.2 Å². The van der Waals surface area contributed by atoms with Crippen LogP contribution in [0, 0.1) is 0 Å². The second kappa shape index (κ2) is 8.97. The lowest BCUT2D eigenvalue weighted by Crippen LogP contribution is -2.12. The average Bonchev–Trinajstić information content (AvgIpc) is 3.05. The number of hydrogen-bond acceptors (Lipinski definition) is 7. The number of carboxylic acids is 1. The molecule has 8 nitrogen and oxygen atoms in total. The van der Waals surface area contributed by atoms with E-state index in [0.29, 0.717) is 34.5 Å². The van der Waals surface area contributed by atoms with Crippen LogP contribution in [0.1, 0.15) is 23.4 Å². The first-order chi connectivity index (χ1) is 12.0. The van der Waals surface area contributed by atoms with Crippen molar-refractivity contribution in [2.45, 2.75) is 25.7 Å². The van der Waals surface area contributed by atoms with Crippen molar-refractivity contribution in [2.24, 2.45) is 0 Å². The molecule has 0 bridgehead atoms. The van der Waals surface area contributed by atoms with Crippen molar-refractivity contribution in [1.82, 2.24) is 10.2 Å². The summed E-state index contributed by atoms with van der Waals surface area (Å²) in [5.41, 5.74) is 0.951. The van der Waals surface area contributed by atoms with Crippen molar-refractivity contribution in [3.8, 4) is 11.5 Å². The molecule has 0 fully saturated rings. The van der Waals surface area contributed by atoms with Gasteiger partial charge in [0.15, 0.2) is 11.5 Å². The number of aryl methyl sites for hydroxylation is 2. The minimum absolute atomic E-state index is 0.0120. The quantitative estimate of drug-likeness (QED) is 0.700. The van der Waals surface area contributed by atoms with Gasteiger partial charge in [-0.25, -0.2) is 0 Å².